The highest BCUT2D eigenvalue weighted by molar-refractivity contribution is 9.10. The lowest BCUT2D eigenvalue weighted by Gasteiger charge is -2.02. The molecule has 96 valence electrons. The first-order valence-corrected chi connectivity index (χ1v) is 6.46. The fraction of sp³-hybridized carbons (Fsp3) is 0.0714. The Balaban J connectivity index is 2.28. The van der Waals surface area contributed by atoms with Gasteiger partial charge in [0.05, 0.1) is 5.39 Å². The predicted octanol–water partition coefficient (Wildman–Crippen LogP) is 4.29. The molecule has 0 spiro atoms. The van der Waals surface area contributed by atoms with Gasteiger partial charge in [0.15, 0.2) is 5.58 Å². The summed E-state index contributed by atoms with van der Waals surface area (Å²) >= 11 is 3.23. The topological polar surface area (TPSA) is 52.0 Å². The minimum Gasteiger partial charge on any atom is -0.398 e. The Labute approximate surface area is 117 Å². The molecular formula is C14H10BrFN2O. The lowest BCUT2D eigenvalue weighted by Crippen LogP contribution is -1.89. The van der Waals surface area contributed by atoms with Crippen molar-refractivity contribution in [3.8, 4) is 11.3 Å². The van der Waals surface area contributed by atoms with Crippen molar-refractivity contribution in [2.45, 2.75) is 6.92 Å². The second kappa shape index (κ2) is 4.35. The number of aryl methyl sites for hydroxylation is 1. The van der Waals surface area contributed by atoms with Crippen LogP contribution < -0.4 is 5.73 Å². The molecule has 0 fully saturated rings. The zero-order chi connectivity index (χ0) is 13.6. The highest BCUT2D eigenvalue weighted by Crippen LogP contribution is 2.33. The fourth-order valence-electron chi connectivity index (χ4n) is 1.98. The van der Waals surface area contributed by atoms with E-state index in [0.717, 1.165) is 10.9 Å². The Morgan fingerprint density at radius 3 is 2.79 bits per heavy atom. The summed E-state index contributed by atoms with van der Waals surface area (Å²) in [4.78, 5) is 0. The van der Waals surface area contributed by atoms with Gasteiger partial charge in [-0.3, -0.25) is 0 Å². The third-order valence-corrected chi connectivity index (χ3v) is 3.54. The van der Waals surface area contributed by atoms with Crippen LogP contribution in [-0.2, 0) is 0 Å². The number of hydrogen-bond donors (Lipinski definition) is 1. The van der Waals surface area contributed by atoms with Crippen molar-refractivity contribution in [2.75, 3.05) is 5.73 Å². The van der Waals surface area contributed by atoms with Gasteiger partial charge in [0, 0.05) is 21.8 Å². The molecule has 5 heteroatoms. The standard InChI is InChI=1S/C14H10BrFN2O/c1-7-4-10-13(6-12(7)17)19-18-14(10)9-3-2-8(15)5-11(9)16/h2-6H,17H2,1H3. The highest BCUT2D eigenvalue weighted by Gasteiger charge is 2.15. The molecule has 0 saturated carbocycles. The first-order chi connectivity index (χ1) is 9.06. The van der Waals surface area contributed by atoms with Gasteiger partial charge in [-0.2, -0.15) is 0 Å². The molecular weight excluding hydrogens is 311 g/mol. The van der Waals surface area contributed by atoms with E-state index in [-0.39, 0.29) is 5.82 Å². The molecule has 3 aromatic rings. The fourth-order valence-corrected chi connectivity index (χ4v) is 2.32. The van der Waals surface area contributed by atoms with Crippen molar-refractivity contribution in [1.29, 1.82) is 0 Å². The van der Waals surface area contributed by atoms with E-state index >= 15 is 0 Å². The number of nitrogens with two attached hydrogens (primary N) is 1. The Hall–Kier alpha value is -1.88. The number of benzene rings is 2. The van der Waals surface area contributed by atoms with Crippen LogP contribution in [0.4, 0.5) is 10.1 Å². The van der Waals surface area contributed by atoms with Crippen LogP contribution in [0.25, 0.3) is 22.2 Å². The van der Waals surface area contributed by atoms with Crippen molar-refractivity contribution >= 4 is 32.6 Å². The van der Waals surface area contributed by atoms with Crippen molar-refractivity contribution in [3.63, 3.8) is 0 Å². The molecule has 0 aliphatic rings. The largest absolute Gasteiger partial charge is 0.398 e. The number of hydrogen-bond acceptors (Lipinski definition) is 3. The number of anilines is 1. The van der Waals surface area contributed by atoms with E-state index < -0.39 is 0 Å². The second-order valence-corrected chi connectivity index (χ2v) is 5.28. The zero-order valence-corrected chi connectivity index (χ0v) is 11.7. The summed E-state index contributed by atoms with van der Waals surface area (Å²) in [5.74, 6) is -0.348. The molecule has 0 amide bonds. The van der Waals surface area contributed by atoms with Gasteiger partial charge in [0.2, 0.25) is 0 Å². The quantitative estimate of drug-likeness (QED) is 0.680. The maximum atomic E-state index is 14.0. The average molecular weight is 321 g/mol. The normalized spacial score (nSPS) is 11.1. The Bertz CT molecular complexity index is 782. The predicted molar refractivity (Wildman–Crippen MR) is 76.3 cm³/mol. The molecule has 2 aromatic carbocycles. The van der Waals surface area contributed by atoms with Crippen LogP contribution in [0, 0.1) is 12.7 Å². The molecule has 0 bridgehead atoms. The van der Waals surface area contributed by atoms with Gasteiger partial charge < -0.3 is 10.3 Å². The van der Waals surface area contributed by atoms with Gasteiger partial charge in [0.25, 0.3) is 0 Å². The highest BCUT2D eigenvalue weighted by atomic mass is 79.9. The summed E-state index contributed by atoms with van der Waals surface area (Å²) in [7, 11) is 0. The van der Waals surface area contributed by atoms with Gasteiger partial charge in [-0.15, -0.1) is 0 Å². The minimum absolute atomic E-state index is 0.348. The Morgan fingerprint density at radius 1 is 1.26 bits per heavy atom. The van der Waals surface area contributed by atoms with E-state index in [1.807, 2.05) is 13.0 Å². The van der Waals surface area contributed by atoms with Gasteiger partial charge in [0.1, 0.15) is 11.5 Å². The first-order valence-electron chi connectivity index (χ1n) is 5.67. The summed E-state index contributed by atoms with van der Waals surface area (Å²) in [6.45, 7) is 1.89. The molecule has 2 N–H and O–H groups in total. The SMILES string of the molecule is Cc1cc2c(-c3ccc(Br)cc3F)noc2cc1N. The molecule has 0 aliphatic heterocycles. The molecule has 0 radical (unpaired) electrons. The van der Waals surface area contributed by atoms with Gasteiger partial charge >= 0.3 is 0 Å². The molecule has 3 nitrogen and oxygen atoms in total. The lowest BCUT2D eigenvalue weighted by molar-refractivity contribution is 0.459. The van der Waals surface area contributed by atoms with E-state index in [0.29, 0.717) is 27.0 Å². The number of halogens is 2. The van der Waals surface area contributed by atoms with E-state index in [1.165, 1.54) is 6.07 Å². The number of fused-ring (bicyclic) bond motifs is 1. The molecule has 0 aliphatic carbocycles. The first kappa shape index (κ1) is 12.2. The molecule has 1 heterocycles. The molecule has 1 aromatic heterocycles. The summed E-state index contributed by atoms with van der Waals surface area (Å²) in [6.07, 6.45) is 0. The minimum atomic E-state index is -0.348. The Kier molecular flexibility index (Phi) is 2.78. The van der Waals surface area contributed by atoms with E-state index in [9.17, 15) is 4.39 Å². The van der Waals surface area contributed by atoms with Crippen molar-refractivity contribution in [3.05, 3.63) is 46.2 Å². The Morgan fingerprint density at radius 2 is 2.05 bits per heavy atom. The van der Waals surface area contributed by atoms with Crippen molar-refractivity contribution < 1.29 is 8.91 Å². The third kappa shape index (κ3) is 2.00. The van der Waals surface area contributed by atoms with Gasteiger partial charge in [-0.05, 0) is 36.8 Å². The van der Waals surface area contributed by atoms with Crippen LogP contribution in [0.15, 0.2) is 39.3 Å². The number of nitrogens with zero attached hydrogens (tertiary/aromatic N) is 1. The van der Waals surface area contributed by atoms with Crippen LogP contribution >= 0.6 is 15.9 Å². The maximum absolute atomic E-state index is 14.0. The van der Waals surface area contributed by atoms with Crippen LogP contribution in [0.1, 0.15) is 5.56 Å². The van der Waals surface area contributed by atoms with Crippen LogP contribution in [0.5, 0.6) is 0 Å². The van der Waals surface area contributed by atoms with Crippen LogP contribution in [0.2, 0.25) is 0 Å². The average Bonchev–Trinajstić information content (AvgIpc) is 2.73. The molecule has 3 rings (SSSR count). The van der Waals surface area contributed by atoms with Crippen LogP contribution in [0.3, 0.4) is 0 Å². The zero-order valence-electron chi connectivity index (χ0n) is 10.1. The summed E-state index contributed by atoms with van der Waals surface area (Å²) in [6, 6.07) is 8.40. The smallest absolute Gasteiger partial charge is 0.169 e. The summed E-state index contributed by atoms with van der Waals surface area (Å²) in [5.41, 5.74) is 8.81. The monoisotopic (exact) mass is 320 g/mol. The maximum Gasteiger partial charge on any atom is 0.169 e. The molecule has 0 atom stereocenters. The third-order valence-electron chi connectivity index (χ3n) is 3.04. The van der Waals surface area contributed by atoms with E-state index in [4.69, 9.17) is 10.3 Å². The van der Waals surface area contributed by atoms with Crippen molar-refractivity contribution in [2.24, 2.45) is 0 Å². The van der Waals surface area contributed by atoms with Crippen LogP contribution in [-0.4, -0.2) is 5.16 Å². The lowest BCUT2D eigenvalue weighted by atomic mass is 10.0. The van der Waals surface area contributed by atoms with Gasteiger partial charge in [-0.25, -0.2) is 4.39 Å². The number of rotatable bonds is 1. The second-order valence-electron chi connectivity index (χ2n) is 4.36. The summed E-state index contributed by atoms with van der Waals surface area (Å²) < 4.78 is 19.9. The molecule has 0 unspecified atom stereocenters. The number of aromatic nitrogens is 1. The number of nitrogen functional groups attached to an aromatic ring is 1. The summed E-state index contributed by atoms with van der Waals surface area (Å²) in [5, 5.41) is 4.71. The van der Waals surface area contributed by atoms with Gasteiger partial charge in [-0.1, -0.05) is 21.1 Å². The molecule has 19 heavy (non-hydrogen) atoms. The van der Waals surface area contributed by atoms with E-state index in [1.54, 1.807) is 18.2 Å². The molecule has 0 saturated heterocycles. The van der Waals surface area contributed by atoms with E-state index in [2.05, 4.69) is 21.1 Å². The van der Waals surface area contributed by atoms with Crippen molar-refractivity contribution in [1.82, 2.24) is 5.16 Å².